The molecule has 1 aliphatic rings. The molecule has 1 aromatic rings. The summed E-state index contributed by atoms with van der Waals surface area (Å²) in [6.07, 6.45) is 4.27. The Kier molecular flexibility index (Phi) is 5.83. The highest BCUT2D eigenvalue weighted by Crippen LogP contribution is 2.29. The molecule has 5 heteroatoms. The van der Waals surface area contributed by atoms with Crippen molar-refractivity contribution in [3.8, 4) is 0 Å². The third-order valence-electron chi connectivity index (χ3n) is 3.63. The van der Waals surface area contributed by atoms with Gasteiger partial charge in [-0.3, -0.25) is 4.79 Å². The number of nitrogens with one attached hydrogen (secondary N) is 1. The molecule has 0 unspecified atom stereocenters. The van der Waals surface area contributed by atoms with Gasteiger partial charge in [0.15, 0.2) is 0 Å². The second-order valence-corrected chi connectivity index (χ2v) is 6.08. The minimum absolute atomic E-state index is 0. The number of carbonyl (C=O) groups is 1. The lowest BCUT2D eigenvalue weighted by Gasteiger charge is -2.28. The van der Waals surface area contributed by atoms with Crippen molar-refractivity contribution in [2.45, 2.75) is 38.1 Å². The van der Waals surface area contributed by atoms with Gasteiger partial charge in [0.1, 0.15) is 0 Å². The maximum absolute atomic E-state index is 12.3. The summed E-state index contributed by atoms with van der Waals surface area (Å²) in [5.41, 5.74) is 7.41. The third kappa shape index (κ3) is 3.94. The second kappa shape index (κ2) is 6.73. The van der Waals surface area contributed by atoms with Gasteiger partial charge in [0.25, 0.3) is 5.91 Å². The standard InChI is InChI=1S/C14H19BrN2O.ClH/c1-10-6-11(8-12(15)7-10)13(18)17-14(9-16)4-2-3-5-14;/h6-8H,2-5,9,16H2,1H3,(H,17,18);1H. The molecule has 1 amide bonds. The molecule has 1 saturated carbocycles. The fourth-order valence-corrected chi connectivity index (χ4v) is 3.22. The van der Waals surface area contributed by atoms with Gasteiger partial charge in [-0.1, -0.05) is 28.8 Å². The largest absolute Gasteiger partial charge is 0.345 e. The Morgan fingerprint density at radius 1 is 1.37 bits per heavy atom. The van der Waals surface area contributed by atoms with Crippen LogP contribution in [0.15, 0.2) is 22.7 Å². The first-order valence-corrected chi connectivity index (χ1v) is 7.14. The number of aryl methyl sites for hydroxylation is 1. The zero-order valence-electron chi connectivity index (χ0n) is 11.0. The van der Waals surface area contributed by atoms with E-state index in [1.807, 2.05) is 25.1 Å². The first-order valence-electron chi connectivity index (χ1n) is 6.34. The number of halogens is 2. The van der Waals surface area contributed by atoms with Gasteiger partial charge < -0.3 is 11.1 Å². The fourth-order valence-electron chi connectivity index (χ4n) is 2.61. The van der Waals surface area contributed by atoms with Crippen molar-refractivity contribution in [2.24, 2.45) is 5.73 Å². The molecule has 19 heavy (non-hydrogen) atoms. The van der Waals surface area contributed by atoms with Crippen LogP contribution in [0.3, 0.4) is 0 Å². The van der Waals surface area contributed by atoms with Crippen molar-refractivity contribution < 1.29 is 4.79 Å². The molecule has 1 fully saturated rings. The van der Waals surface area contributed by atoms with Crippen LogP contribution < -0.4 is 11.1 Å². The summed E-state index contributed by atoms with van der Waals surface area (Å²) >= 11 is 3.42. The number of hydrogen-bond donors (Lipinski definition) is 2. The van der Waals surface area contributed by atoms with Gasteiger partial charge in [-0.25, -0.2) is 0 Å². The summed E-state index contributed by atoms with van der Waals surface area (Å²) in [6.45, 7) is 2.50. The van der Waals surface area contributed by atoms with Crippen LogP contribution in [0.25, 0.3) is 0 Å². The van der Waals surface area contributed by atoms with E-state index >= 15 is 0 Å². The van der Waals surface area contributed by atoms with Crippen LogP contribution in [0.4, 0.5) is 0 Å². The Morgan fingerprint density at radius 3 is 2.53 bits per heavy atom. The first-order chi connectivity index (χ1) is 8.54. The van der Waals surface area contributed by atoms with E-state index in [1.54, 1.807) is 0 Å². The summed E-state index contributed by atoms with van der Waals surface area (Å²) in [5.74, 6) is -0.0215. The van der Waals surface area contributed by atoms with E-state index in [9.17, 15) is 4.79 Å². The van der Waals surface area contributed by atoms with Crippen molar-refractivity contribution in [1.82, 2.24) is 5.32 Å². The summed E-state index contributed by atoms with van der Waals surface area (Å²) in [7, 11) is 0. The molecule has 106 valence electrons. The van der Waals surface area contributed by atoms with Crippen molar-refractivity contribution in [3.63, 3.8) is 0 Å². The highest BCUT2D eigenvalue weighted by atomic mass is 79.9. The number of amides is 1. The van der Waals surface area contributed by atoms with Crippen LogP contribution in [-0.2, 0) is 0 Å². The van der Waals surface area contributed by atoms with Crippen LogP contribution in [0.5, 0.6) is 0 Å². The minimum atomic E-state index is -0.187. The molecule has 0 heterocycles. The number of benzene rings is 1. The summed E-state index contributed by atoms with van der Waals surface area (Å²) in [5, 5.41) is 3.13. The van der Waals surface area contributed by atoms with E-state index < -0.39 is 0 Å². The predicted molar refractivity (Wildman–Crippen MR) is 83.8 cm³/mol. The van der Waals surface area contributed by atoms with Crippen molar-refractivity contribution in [2.75, 3.05) is 6.54 Å². The Balaban J connectivity index is 0.00000180. The van der Waals surface area contributed by atoms with Crippen LogP contribution in [0.1, 0.15) is 41.6 Å². The molecule has 3 N–H and O–H groups in total. The van der Waals surface area contributed by atoms with Gasteiger partial charge in [0.05, 0.1) is 5.54 Å². The monoisotopic (exact) mass is 346 g/mol. The maximum Gasteiger partial charge on any atom is 0.251 e. The Morgan fingerprint density at radius 2 is 2.00 bits per heavy atom. The van der Waals surface area contributed by atoms with E-state index in [0.717, 1.165) is 35.7 Å². The van der Waals surface area contributed by atoms with E-state index in [1.165, 1.54) is 0 Å². The SMILES string of the molecule is Cc1cc(Br)cc(C(=O)NC2(CN)CCCC2)c1.Cl. The molecular formula is C14H20BrClN2O. The van der Waals surface area contributed by atoms with Crippen LogP contribution >= 0.6 is 28.3 Å². The summed E-state index contributed by atoms with van der Waals surface area (Å²) in [4.78, 5) is 12.3. The molecule has 0 bridgehead atoms. The summed E-state index contributed by atoms with van der Waals surface area (Å²) in [6, 6.07) is 5.74. The smallest absolute Gasteiger partial charge is 0.251 e. The molecule has 0 spiro atoms. The van der Waals surface area contributed by atoms with Gasteiger partial charge in [0, 0.05) is 16.6 Å². The van der Waals surface area contributed by atoms with Crippen molar-refractivity contribution in [3.05, 3.63) is 33.8 Å². The Labute approximate surface area is 128 Å². The lowest BCUT2D eigenvalue weighted by Crippen LogP contribution is -2.51. The molecule has 0 radical (unpaired) electrons. The van der Waals surface area contributed by atoms with Crippen LogP contribution in [-0.4, -0.2) is 18.0 Å². The van der Waals surface area contributed by atoms with E-state index in [2.05, 4.69) is 21.2 Å². The highest BCUT2D eigenvalue weighted by Gasteiger charge is 2.34. The molecule has 1 aromatic carbocycles. The normalized spacial score (nSPS) is 16.8. The lowest BCUT2D eigenvalue weighted by molar-refractivity contribution is 0.0903. The van der Waals surface area contributed by atoms with Gasteiger partial charge in [0.2, 0.25) is 0 Å². The van der Waals surface area contributed by atoms with Crippen LogP contribution in [0.2, 0.25) is 0 Å². The summed E-state index contributed by atoms with van der Waals surface area (Å²) < 4.78 is 0.931. The number of hydrogen-bond acceptors (Lipinski definition) is 2. The maximum atomic E-state index is 12.3. The van der Waals surface area contributed by atoms with Gasteiger partial charge >= 0.3 is 0 Å². The molecule has 0 aliphatic heterocycles. The first kappa shape index (κ1) is 16.5. The molecule has 0 saturated heterocycles. The Bertz CT molecular complexity index is 439. The number of nitrogens with two attached hydrogens (primary N) is 1. The average Bonchev–Trinajstić information content (AvgIpc) is 2.77. The molecule has 2 rings (SSSR count). The van der Waals surface area contributed by atoms with E-state index in [0.29, 0.717) is 12.1 Å². The quantitative estimate of drug-likeness (QED) is 0.882. The minimum Gasteiger partial charge on any atom is -0.345 e. The molecule has 0 atom stereocenters. The molecule has 3 nitrogen and oxygen atoms in total. The van der Waals surface area contributed by atoms with Crippen LogP contribution in [0, 0.1) is 6.92 Å². The number of rotatable bonds is 3. The van der Waals surface area contributed by atoms with Crippen molar-refractivity contribution >= 4 is 34.2 Å². The topological polar surface area (TPSA) is 55.1 Å². The molecular weight excluding hydrogens is 328 g/mol. The second-order valence-electron chi connectivity index (χ2n) is 5.16. The lowest BCUT2D eigenvalue weighted by atomic mass is 9.97. The fraction of sp³-hybridized carbons (Fsp3) is 0.500. The third-order valence-corrected chi connectivity index (χ3v) is 4.09. The van der Waals surface area contributed by atoms with Gasteiger partial charge in [-0.15, -0.1) is 12.4 Å². The highest BCUT2D eigenvalue weighted by molar-refractivity contribution is 9.10. The van der Waals surface area contributed by atoms with E-state index in [4.69, 9.17) is 5.73 Å². The van der Waals surface area contributed by atoms with Gasteiger partial charge in [-0.2, -0.15) is 0 Å². The molecule has 0 aromatic heterocycles. The van der Waals surface area contributed by atoms with Crippen molar-refractivity contribution in [1.29, 1.82) is 0 Å². The average molecular weight is 348 g/mol. The zero-order valence-corrected chi connectivity index (χ0v) is 13.4. The molecule has 1 aliphatic carbocycles. The predicted octanol–water partition coefficient (Wildman–Crippen LogP) is 3.18. The van der Waals surface area contributed by atoms with E-state index in [-0.39, 0.29) is 23.9 Å². The van der Waals surface area contributed by atoms with Gasteiger partial charge in [-0.05, 0) is 43.5 Å². The number of carbonyl (C=O) groups excluding carboxylic acids is 1. The zero-order chi connectivity index (χ0) is 13.2. The Hall–Kier alpha value is -0.580.